The van der Waals surface area contributed by atoms with Gasteiger partial charge in [-0.05, 0) is 13.0 Å². The van der Waals surface area contributed by atoms with E-state index in [-0.39, 0.29) is 11.3 Å². The fraction of sp³-hybridized carbons (Fsp3) is 0.571. The van der Waals surface area contributed by atoms with Gasteiger partial charge < -0.3 is 10.0 Å². The summed E-state index contributed by atoms with van der Waals surface area (Å²) in [6.07, 6.45) is -8.51. The molecule has 0 aliphatic rings. The smallest absolute Gasteiger partial charge is 0.385 e. The number of alkyl halides is 7. The zero-order valence-electron chi connectivity index (χ0n) is 12.6. The number of hydrogen-bond acceptors (Lipinski definition) is 2. The van der Waals surface area contributed by atoms with E-state index in [2.05, 4.69) is 0 Å². The molecule has 0 amide bonds. The summed E-state index contributed by atoms with van der Waals surface area (Å²) in [6, 6.07) is 5.48. The number of para-hydroxylation sites is 1. The van der Waals surface area contributed by atoms with Crippen molar-refractivity contribution in [3.8, 4) is 0 Å². The SMILES string of the molecule is CN(C)c1ccccc1C(C)(O)CC(F)(F)C(F)(F)C(F)(F)F. The van der Waals surface area contributed by atoms with E-state index in [1.165, 1.54) is 43.3 Å². The summed E-state index contributed by atoms with van der Waals surface area (Å²) < 4.78 is 89.8. The van der Waals surface area contributed by atoms with E-state index in [4.69, 9.17) is 0 Å². The Labute approximate surface area is 128 Å². The van der Waals surface area contributed by atoms with Crippen LogP contribution >= 0.6 is 0 Å². The lowest BCUT2D eigenvalue weighted by atomic mass is 9.86. The Morgan fingerprint density at radius 1 is 0.957 bits per heavy atom. The Bertz CT molecular complexity index is 552. The van der Waals surface area contributed by atoms with Gasteiger partial charge in [0, 0.05) is 25.3 Å². The average Bonchev–Trinajstić information content (AvgIpc) is 2.35. The maximum Gasteiger partial charge on any atom is 0.459 e. The van der Waals surface area contributed by atoms with Crippen LogP contribution in [0.15, 0.2) is 24.3 Å². The number of halogens is 7. The van der Waals surface area contributed by atoms with Gasteiger partial charge in [0.25, 0.3) is 0 Å². The molecule has 9 heteroatoms. The molecule has 0 fully saturated rings. The van der Waals surface area contributed by atoms with Crippen molar-refractivity contribution in [3.63, 3.8) is 0 Å². The molecule has 0 aliphatic carbocycles. The third-order valence-electron chi connectivity index (χ3n) is 3.35. The Morgan fingerprint density at radius 2 is 1.43 bits per heavy atom. The zero-order chi connectivity index (χ0) is 18.3. The van der Waals surface area contributed by atoms with E-state index >= 15 is 0 Å². The van der Waals surface area contributed by atoms with Gasteiger partial charge in [-0.15, -0.1) is 0 Å². The molecule has 0 saturated carbocycles. The van der Waals surface area contributed by atoms with Gasteiger partial charge in [0.05, 0.1) is 12.0 Å². The van der Waals surface area contributed by atoms with Crippen molar-refractivity contribution in [2.75, 3.05) is 19.0 Å². The fourth-order valence-electron chi connectivity index (χ4n) is 2.16. The number of rotatable bonds is 5. The topological polar surface area (TPSA) is 23.5 Å². The molecule has 1 aromatic rings. The number of nitrogens with zero attached hydrogens (tertiary/aromatic N) is 1. The van der Waals surface area contributed by atoms with Crippen LogP contribution in [-0.4, -0.2) is 37.2 Å². The molecule has 0 bridgehead atoms. The summed E-state index contributed by atoms with van der Waals surface area (Å²) in [4.78, 5) is 1.42. The van der Waals surface area contributed by atoms with Gasteiger partial charge in [-0.3, -0.25) is 0 Å². The maximum atomic E-state index is 13.6. The predicted molar refractivity (Wildman–Crippen MR) is 70.9 cm³/mol. The Balaban J connectivity index is 3.26. The first kappa shape index (κ1) is 19.5. The van der Waals surface area contributed by atoms with Crippen LogP contribution in [0.2, 0.25) is 0 Å². The van der Waals surface area contributed by atoms with Gasteiger partial charge in [-0.25, -0.2) is 0 Å². The van der Waals surface area contributed by atoms with Crippen LogP contribution in [0.1, 0.15) is 18.9 Å². The third kappa shape index (κ3) is 3.70. The first-order chi connectivity index (χ1) is 10.1. The standard InChI is InChI=1S/C14H16F7NO/c1-11(23,9-6-4-5-7-10(9)22(2)3)8-12(15,16)13(17,18)14(19,20)21/h4-7,23H,8H2,1-3H3. The van der Waals surface area contributed by atoms with Crippen LogP contribution in [0.4, 0.5) is 36.4 Å². The van der Waals surface area contributed by atoms with E-state index in [0.717, 1.165) is 6.92 Å². The quantitative estimate of drug-likeness (QED) is 0.808. The predicted octanol–water partition coefficient (Wildman–Crippen LogP) is 4.18. The summed E-state index contributed by atoms with van der Waals surface area (Å²) in [5.41, 5.74) is -2.55. The highest BCUT2D eigenvalue weighted by Crippen LogP contribution is 2.51. The third-order valence-corrected chi connectivity index (χ3v) is 3.35. The highest BCUT2D eigenvalue weighted by Gasteiger charge is 2.73. The Kier molecular flexibility index (Phi) is 4.97. The lowest BCUT2D eigenvalue weighted by Crippen LogP contribution is -2.54. The van der Waals surface area contributed by atoms with Gasteiger partial charge >= 0.3 is 18.0 Å². The van der Waals surface area contributed by atoms with E-state index in [0.29, 0.717) is 0 Å². The first-order valence-electron chi connectivity index (χ1n) is 6.45. The van der Waals surface area contributed by atoms with Crippen LogP contribution in [-0.2, 0) is 5.60 Å². The van der Waals surface area contributed by atoms with Gasteiger partial charge in [-0.1, -0.05) is 18.2 Å². The summed E-state index contributed by atoms with van der Waals surface area (Å²) in [5.74, 6) is -11.7. The molecule has 0 saturated heterocycles. The van der Waals surface area contributed by atoms with Gasteiger partial charge in [-0.2, -0.15) is 30.7 Å². The van der Waals surface area contributed by atoms with E-state index in [1.54, 1.807) is 0 Å². The van der Waals surface area contributed by atoms with Crippen molar-refractivity contribution < 1.29 is 35.8 Å². The summed E-state index contributed by atoms with van der Waals surface area (Å²) >= 11 is 0. The van der Waals surface area contributed by atoms with E-state index < -0.39 is 30.0 Å². The van der Waals surface area contributed by atoms with Crippen molar-refractivity contribution in [2.45, 2.75) is 37.0 Å². The molecule has 0 aliphatic heterocycles. The van der Waals surface area contributed by atoms with Crippen molar-refractivity contribution >= 4 is 5.69 Å². The molecule has 0 aromatic heterocycles. The number of anilines is 1. The fourth-order valence-corrected chi connectivity index (χ4v) is 2.16. The normalized spacial score (nSPS) is 16.1. The molecule has 0 heterocycles. The van der Waals surface area contributed by atoms with Crippen molar-refractivity contribution in [2.24, 2.45) is 0 Å². The lowest BCUT2D eigenvalue weighted by molar-refractivity contribution is -0.361. The van der Waals surface area contributed by atoms with Crippen LogP contribution < -0.4 is 4.90 Å². The number of benzene rings is 1. The van der Waals surface area contributed by atoms with Crippen molar-refractivity contribution in [3.05, 3.63) is 29.8 Å². The van der Waals surface area contributed by atoms with Gasteiger partial charge in [0.1, 0.15) is 0 Å². The van der Waals surface area contributed by atoms with Crippen LogP contribution in [0, 0.1) is 0 Å². The molecule has 23 heavy (non-hydrogen) atoms. The molecular formula is C14H16F7NO. The summed E-state index contributed by atoms with van der Waals surface area (Å²) in [6.45, 7) is 0.774. The highest BCUT2D eigenvalue weighted by atomic mass is 19.4. The van der Waals surface area contributed by atoms with Crippen molar-refractivity contribution in [1.82, 2.24) is 0 Å². The molecule has 0 radical (unpaired) electrons. The molecule has 1 unspecified atom stereocenters. The molecule has 1 atom stereocenters. The van der Waals surface area contributed by atoms with E-state index in [1.807, 2.05) is 0 Å². The lowest BCUT2D eigenvalue weighted by Gasteiger charge is -2.35. The minimum Gasteiger partial charge on any atom is -0.385 e. The molecular weight excluding hydrogens is 331 g/mol. The molecule has 1 aromatic carbocycles. The Morgan fingerprint density at radius 3 is 1.87 bits per heavy atom. The molecule has 1 rings (SSSR count). The Hall–Kier alpha value is -1.51. The second kappa shape index (κ2) is 5.85. The first-order valence-corrected chi connectivity index (χ1v) is 6.45. The number of aliphatic hydroxyl groups is 1. The largest absolute Gasteiger partial charge is 0.459 e. The molecule has 0 spiro atoms. The monoisotopic (exact) mass is 347 g/mol. The van der Waals surface area contributed by atoms with Gasteiger partial charge in [0.15, 0.2) is 0 Å². The highest BCUT2D eigenvalue weighted by molar-refractivity contribution is 5.55. The van der Waals surface area contributed by atoms with Crippen LogP contribution in [0.3, 0.4) is 0 Å². The second-order valence-corrected chi connectivity index (χ2v) is 5.64. The molecule has 2 nitrogen and oxygen atoms in total. The minimum atomic E-state index is -6.42. The van der Waals surface area contributed by atoms with Gasteiger partial charge in [0.2, 0.25) is 0 Å². The number of hydrogen-bond donors (Lipinski definition) is 1. The van der Waals surface area contributed by atoms with E-state index in [9.17, 15) is 35.8 Å². The second-order valence-electron chi connectivity index (χ2n) is 5.64. The molecule has 1 N–H and O–H groups in total. The summed E-state index contributed by atoms with van der Waals surface area (Å²) in [7, 11) is 3.02. The van der Waals surface area contributed by atoms with Crippen LogP contribution in [0.25, 0.3) is 0 Å². The van der Waals surface area contributed by atoms with Crippen molar-refractivity contribution in [1.29, 1.82) is 0 Å². The maximum absolute atomic E-state index is 13.6. The zero-order valence-corrected chi connectivity index (χ0v) is 12.6. The summed E-state index contributed by atoms with van der Waals surface area (Å²) in [5, 5.41) is 10.2. The van der Waals surface area contributed by atoms with Crippen LogP contribution in [0.5, 0.6) is 0 Å². The average molecular weight is 347 g/mol. The molecule has 132 valence electrons. The minimum absolute atomic E-state index is 0.178.